The van der Waals surface area contributed by atoms with E-state index in [2.05, 4.69) is 19.2 Å². The van der Waals surface area contributed by atoms with Gasteiger partial charge in [0.15, 0.2) is 0 Å². The van der Waals surface area contributed by atoms with Gasteiger partial charge in [-0.05, 0) is 36.6 Å². The smallest absolute Gasteiger partial charge is 0.411 e. The summed E-state index contributed by atoms with van der Waals surface area (Å²) in [7, 11) is -3.73. The van der Waals surface area contributed by atoms with Gasteiger partial charge in [-0.15, -0.1) is 0 Å². The second kappa shape index (κ2) is 8.75. The lowest BCUT2D eigenvalue weighted by atomic mass is 10.0. The minimum Gasteiger partial charge on any atom is -0.449 e. The first kappa shape index (κ1) is 18.4. The first-order valence-electron chi connectivity index (χ1n) is 7.43. The van der Waals surface area contributed by atoms with E-state index in [0.29, 0.717) is 18.2 Å². The van der Waals surface area contributed by atoms with Crippen LogP contribution in [0.15, 0.2) is 29.2 Å². The number of sulfonamides is 1. The van der Waals surface area contributed by atoms with Crippen LogP contribution < -0.4 is 10.5 Å². The van der Waals surface area contributed by atoms with Gasteiger partial charge in [0, 0.05) is 5.69 Å². The van der Waals surface area contributed by atoms with Crippen molar-refractivity contribution >= 4 is 21.8 Å². The summed E-state index contributed by atoms with van der Waals surface area (Å²) in [6.45, 7) is 4.59. The third-order valence-electron chi connectivity index (χ3n) is 3.42. The quantitative estimate of drug-likeness (QED) is 0.766. The zero-order valence-corrected chi connectivity index (χ0v) is 13.9. The topological polar surface area (TPSA) is 98.5 Å². The van der Waals surface area contributed by atoms with E-state index in [1.807, 2.05) is 0 Å². The third kappa shape index (κ3) is 6.44. The number of hydrogen-bond donors (Lipinski definition) is 2. The molecule has 22 heavy (non-hydrogen) atoms. The van der Waals surface area contributed by atoms with Gasteiger partial charge in [0.1, 0.15) is 0 Å². The van der Waals surface area contributed by atoms with Gasteiger partial charge in [-0.1, -0.05) is 33.1 Å². The molecule has 1 amide bonds. The molecule has 0 saturated heterocycles. The first-order valence-corrected chi connectivity index (χ1v) is 8.98. The van der Waals surface area contributed by atoms with Crippen LogP contribution in [0.2, 0.25) is 0 Å². The number of nitrogens with two attached hydrogens (primary N) is 1. The van der Waals surface area contributed by atoms with Crippen molar-refractivity contribution in [3.8, 4) is 0 Å². The van der Waals surface area contributed by atoms with Crippen LogP contribution in [0, 0.1) is 5.92 Å². The third-order valence-corrected chi connectivity index (χ3v) is 4.35. The van der Waals surface area contributed by atoms with Crippen LogP contribution in [0.4, 0.5) is 10.5 Å². The summed E-state index contributed by atoms with van der Waals surface area (Å²) in [5.74, 6) is 0.371. The number of nitrogens with one attached hydrogen (secondary N) is 1. The van der Waals surface area contributed by atoms with E-state index in [1.165, 1.54) is 24.3 Å². The van der Waals surface area contributed by atoms with Crippen LogP contribution in [0.5, 0.6) is 0 Å². The molecular formula is C15H24N2O4S. The zero-order chi connectivity index (χ0) is 16.6. The lowest BCUT2D eigenvalue weighted by Gasteiger charge is -2.15. The molecule has 0 aliphatic heterocycles. The molecule has 0 fully saturated rings. The minimum atomic E-state index is -3.73. The summed E-state index contributed by atoms with van der Waals surface area (Å²) in [4.78, 5) is 11.7. The Morgan fingerprint density at radius 2 is 1.91 bits per heavy atom. The lowest BCUT2D eigenvalue weighted by molar-refractivity contribution is 0.136. The monoisotopic (exact) mass is 328 g/mol. The van der Waals surface area contributed by atoms with Gasteiger partial charge in [-0.3, -0.25) is 5.32 Å². The van der Waals surface area contributed by atoms with E-state index in [-0.39, 0.29) is 4.90 Å². The number of rotatable bonds is 8. The van der Waals surface area contributed by atoms with Gasteiger partial charge in [0.25, 0.3) is 0 Å². The Kier molecular flexibility index (Phi) is 7.34. The van der Waals surface area contributed by atoms with Gasteiger partial charge >= 0.3 is 6.09 Å². The van der Waals surface area contributed by atoms with E-state index >= 15 is 0 Å². The maximum Gasteiger partial charge on any atom is 0.411 e. The molecule has 7 heteroatoms. The minimum absolute atomic E-state index is 0.00275. The predicted molar refractivity (Wildman–Crippen MR) is 86.1 cm³/mol. The highest BCUT2D eigenvalue weighted by Gasteiger charge is 2.11. The summed E-state index contributed by atoms with van der Waals surface area (Å²) in [5.41, 5.74) is 0.457. The molecule has 0 spiro atoms. The molecule has 1 unspecified atom stereocenters. The molecule has 0 aromatic heterocycles. The number of hydrogen-bond acceptors (Lipinski definition) is 4. The Labute approximate surface area is 132 Å². The van der Waals surface area contributed by atoms with Crippen LogP contribution in [-0.2, 0) is 14.8 Å². The fourth-order valence-electron chi connectivity index (χ4n) is 1.97. The molecule has 0 aliphatic rings. The van der Waals surface area contributed by atoms with Crippen molar-refractivity contribution in [2.45, 2.75) is 44.4 Å². The van der Waals surface area contributed by atoms with Crippen molar-refractivity contribution in [1.82, 2.24) is 0 Å². The van der Waals surface area contributed by atoms with Gasteiger partial charge in [-0.25, -0.2) is 18.4 Å². The molecule has 0 bridgehead atoms. The van der Waals surface area contributed by atoms with Crippen molar-refractivity contribution in [3.05, 3.63) is 24.3 Å². The fraction of sp³-hybridized carbons (Fsp3) is 0.533. The number of carbonyl (C=O) groups excluding carboxylic acids is 1. The van der Waals surface area contributed by atoms with Crippen molar-refractivity contribution in [1.29, 1.82) is 0 Å². The number of anilines is 1. The highest BCUT2D eigenvalue weighted by Crippen LogP contribution is 2.15. The maximum absolute atomic E-state index is 11.7. The molecule has 1 aromatic rings. The van der Waals surface area contributed by atoms with Gasteiger partial charge in [-0.2, -0.15) is 0 Å². The zero-order valence-electron chi connectivity index (χ0n) is 13.0. The summed E-state index contributed by atoms with van der Waals surface area (Å²) < 4.78 is 27.5. The highest BCUT2D eigenvalue weighted by atomic mass is 32.2. The normalized spacial score (nSPS) is 12.7. The van der Waals surface area contributed by atoms with E-state index < -0.39 is 16.1 Å². The number of ether oxygens (including phenoxy) is 1. The SMILES string of the molecule is CCCCC(CC)COC(=O)Nc1ccc(S(N)(=O)=O)cc1. The summed E-state index contributed by atoms with van der Waals surface area (Å²) in [6, 6.07) is 5.60. The van der Waals surface area contributed by atoms with Crippen molar-refractivity contribution < 1.29 is 17.9 Å². The van der Waals surface area contributed by atoms with Crippen LogP contribution in [0.25, 0.3) is 0 Å². The fourth-order valence-corrected chi connectivity index (χ4v) is 2.49. The summed E-state index contributed by atoms with van der Waals surface area (Å²) in [6.07, 6.45) is 3.72. The second-order valence-electron chi connectivity index (χ2n) is 5.21. The van der Waals surface area contributed by atoms with Gasteiger partial charge in [0.2, 0.25) is 10.0 Å². The van der Waals surface area contributed by atoms with E-state index in [0.717, 1.165) is 25.7 Å². The molecular weight excluding hydrogens is 304 g/mol. The Morgan fingerprint density at radius 3 is 2.41 bits per heavy atom. The molecule has 0 saturated carbocycles. The standard InChI is InChI=1S/C15H24N2O4S/c1-3-5-6-12(4-2)11-21-15(18)17-13-7-9-14(10-8-13)22(16,19)20/h7-10,12H,3-6,11H2,1-2H3,(H,17,18)(H2,16,19,20). The molecule has 0 radical (unpaired) electrons. The van der Waals surface area contributed by atoms with Crippen LogP contribution in [0.1, 0.15) is 39.5 Å². The largest absolute Gasteiger partial charge is 0.449 e. The van der Waals surface area contributed by atoms with E-state index in [4.69, 9.17) is 9.88 Å². The van der Waals surface area contributed by atoms with Crippen molar-refractivity contribution in [2.24, 2.45) is 11.1 Å². The lowest BCUT2D eigenvalue weighted by Crippen LogP contribution is -2.19. The van der Waals surface area contributed by atoms with Crippen LogP contribution in [0.3, 0.4) is 0 Å². The summed E-state index contributed by atoms with van der Waals surface area (Å²) in [5, 5.41) is 7.56. The van der Waals surface area contributed by atoms with Crippen LogP contribution in [-0.4, -0.2) is 21.1 Å². The Morgan fingerprint density at radius 1 is 1.27 bits per heavy atom. The molecule has 124 valence electrons. The molecule has 1 aromatic carbocycles. The van der Waals surface area contributed by atoms with Crippen molar-refractivity contribution in [2.75, 3.05) is 11.9 Å². The average Bonchev–Trinajstić information content (AvgIpc) is 2.47. The van der Waals surface area contributed by atoms with Gasteiger partial charge in [0.05, 0.1) is 11.5 Å². The van der Waals surface area contributed by atoms with Crippen molar-refractivity contribution in [3.63, 3.8) is 0 Å². The van der Waals surface area contributed by atoms with Gasteiger partial charge < -0.3 is 4.74 Å². The highest BCUT2D eigenvalue weighted by molar-refractivity contribution is 7.89. The average molecular weight is 328 g/mol. The Balaban J connectivity index is 2.48. The predicted octanol–water partition coefficient (Wildman–Crippen LogP) is 3.10. The molecule has 6 nitrogen and oxygen atoms in total. The number of primary sulfonamides is 1. The molecule has 0 heterocycles. The number of benzene rings is 1. The Hall–Kier alpha value is -1.60. The molecule has 1 atom stereocenters. The van der Waals surface area contributed by atoms with E-state index in [9.17, 15) is 13.2 Å². The first-order chi connectivity index (χ1) is 10.4. The van der Waals surface area contributed by atoms with E-state index in [1.54, 1.807) is 0 Å². The molecule has 0 aliphatic carbocycles. The second-order valence-corrected chi connectivity index (χ2v) is 6.77. The number of unbranched alkanes of at least 4 members (excludes halogenated alkanes) is 1. The maximum atomic E-state index is 11.7. The van der Waals surface area contributed by atoms with Crippen LogP contribution >= 0.6 is 0 Å². The number of amides is 1. The molecule has 3 N–H and O–H groups in total. The Bertz CT molecular complexity index is 570. The number of carbonyl (C=O) groups is 1. The summed E-state index contributed by atoms with van der Waals surface area (Å²) >= 11 is 0. The molecule has 1 rings (SSSR count).